The van der Waals surface area contributed by atoms with Crippen LogP contribution in [0.2, 0.25) is 0 Å². The lowest BCUT2D eigenvalue weighted by atomic mass is 10.1. The molecule has 1 rings (SSSR count). The number of halogens is 2. The topological polar surface area (TPSA) is 69.7 Å². The number of carbonyl (C=O) groups excluding carboxylic acids is 1. The van der Waals surface area contributed by atoms with Crippen LogP contribution in [0.5, 0.6) is 0 Å². The summed E-state index contributed by atoms with van der Waals surface area (Å²) < 4.78 is 33.8. The first-order valence-corrected chi connectivity index (χ1v) is 9.30. The van der Waals surface area contributed by atoms with E-state index in [4.69, 9.17) is 20.2 Å². The number of esters is 1. The second kappa shape index (κ2) is 7.58. The highest BCUT2D eigenvalue weighted by Crippen LogP contribution is 2.28. The van der Waals surface area contributed by atoms with Gasteiger partial charge in [0.2, 0.25) is 0 Å². The fraction of sp³-hybridized carbons (Fsp3) is 0.462. The van der Waals surface area contributed by atoms with Crippen LogP contribution in [-0.4, -0.2) is 33.7 Å². The van der Waals surface area contributed by atoms with Crippen LogP contribution in [0, 0.1) is 6.92 Å². The molecule has 21 heavy (non-hydrogen) atoms. The van der Waals surface area contributed by atoms with E-state index in [0.29, 0.717) is 16.6 Å². The third kappa shape index (κ3) is 5.25. The summed E-state index contributed by atoms with van der Waals surface area (Å²) in [7, 11) is 1.42. The van der Waals surface area contributed by atoms with Crippen LogP contribution in [0.25, 0.3) is 0 Å². The molecular weight excluding hydrogens is 384 g/mol. The van der Waals surface area contributed by atoms with Gasteiger partial charge in [0.25, 0.3) is 9.05 Å². The highest BCUT2D eigenvalue weighted by Gasteiger charge is 2.21. The van der Waals surface area contributed by atoms with Gasteiger partial charge in [0, 0.05) is 21.8 Å². The van der Waals surface area contributed by atoms with E-state index in [1.165, 1.54) is 12.1 Å². The molecule has 0 saturated carbocycles. The van der Waals surface area contributed by atoms with Crippen molar-refractivity contribution in [1.29, 1.82) is 0 Å². The van der Waals surface area contributed by atoms with E-state index in [2.05, 4.69) is 15.9 Å². The number of hydrogen-bond acceptors (Lipinski definition) is 5. The summed E-state index contributed by atoms with van der Waals surface area (Å²) in [6.07, 6.45) is -0.436. The Hall–Kier alpha value is -0.630. The van der Waals surface area contributed by atoms with Gasteiger partial charge in [-0.05, 0) is 38.5 Å². The van der Waals surface area contributed by atoms with Crippen molar-refractivity contribution in [2.24, 2.45) is 0 Å². The molecule has 0 aliphatic carbocycles. The van der Waals surface area contributed by atoms with Crippen molar-refractivity contribution in [1.82, 2.24) is 0 Å². The normalized spacial score (nSPS) is 13.0. The first-order valence-electron chi connectivity index (χ1n) is 6.20. The summed E-state index contributed by atoms with van der Waals surface area (Å²) >= 11 is 3.21. The van der Waals surface area contributed by atoms with Gasteiger partial charge in [-0.2, -0.15) is 0 Å². The van der Waals surface area contributed by atoms with Crippen molar-refractivity contribution in [3.63, 3.8) is 0 Å². The summed E-state index contributed by atoms with van der Waals surface area (Å²) in [5.41, 5.74) is 0.541. The zero-order valence-electron chi connectivity index (χ0n) is 11.9. The van der Waals surface area contributed by atoms with E-state index < -0.39 is 21.1 Å². The van der Waals surface area contributed by atoms with Crippen LogP contribution < -0.4 is 0 Å². The molecule has 0 radical (unpaired) electrons. The highest BCUT2D eigenvalue weighted by atomic mass is 79.9. The Morgan fingerprint density at radius 2 is 2.05 bits per heavy atom. The second-order valence-electron chi connectivity index (χ2n) is 4.39. The van der Waals surface area contributed by atoms with Gasteiger partial charge in [0.15, 0.2) is 0 Å². The average molecular weight is 400 g/mol. The van der Waals surface area contributed by atoms with Crippen molar-refractivity contribution in [2.45, 2.75) is 31.8 Å². The predicted molar refractivity (Wildman–Crippen MR) is 83.3 cm³/mol. The number of hydrogen-bond donors (Lipinski definition) is 0. The molecule has 1 atom stereocenters. The van der Waals surface area contributed by atoms with Gasteiger partial charge < -0.3 is 9.47 Å². The molecule has 5 nitrogen and oxygen atoms in total. The molecule has 118 valence electrons. The predicted octanol–water partition coefficient (Wildman–Crippen LogP) is 3.27. The van der Waals surface area contributed by atoms with E-state index in [9.17, 15) is 13.2 Å². The molecule has 0 saturated heterocycles. The van der Waals surface area contributed by atoms with Crippen molar-refractivity contribution in [2.75, 3.05) is 13.2 Å². The summed E-state index contributed by atoms with van der Waals surface area (Å²) in [5, 5.41) is 0. The first-order chi connectivity index (χ1) is 9.66. The Kier molecular flexibility index (Phi) is 6.65. The fourth-order valence-corrected chi connectivity index (χ4v) is 3.41. The Balaban J connectivity index is 3.04. The lowest BCUT2D eigenvalue weighted by Gasteiger charge is -2.14. The van der Waals surface area contributed by atoms with E-state index >= 15 is 0 Å². The molecule has 0 fully saturated rings. The molecule has 0 bridgehead atoms. The van der Waals surface area contributed by atoms with Crippen LogP contribution in [0.4, 0.5) is 0 Å². The number of benzene rings is 1. The molecule has 8 heteroatoms. The van der Waals surface area contributed by atoms with Gasteiger partial charge in [0.1, 0.15) is 6.10 Å². The quantitative estimate of drug-likeness (QED) is 0.542. The maximum absolute atomic E-state index is 12.0. The molecule has 0 N–H and O–H groups in total. The van der Waals surface area contributed by atoms with Crippen LogP contribution in [-0.2, 0) is 18.5 Å². The van der Waals surface area contributed by atoms with Crippen molar-refractivity contribution in [3.8, 4) is 0 Å². The molecule has 0 aliphatic rings. The number of ether oxygens (including phenoxy) is 2. The fourth-order valence-electron chi connectivity index (χ4n) is 1.59. The van der Waals surface area contributed by atoms with Gasteiger partial charge in [-0.1, -0.05) is 15.9 Å². The molecule has 0 aromatic heterocycles. The Morgan fingerprint density at radius 1 is 1.43 bits per heavy atom. The molecule has 1 aromatic rings. The van der Waals surface area contributed by atoms with E-state index in [1.807, 2.05) is 6.92 Å². The van der Waals surface area contributed by atoms with E-state index in [0.717, 1.165) is 0 Å². The molecular formula is C13H16BrClO5S. The minimum absolute atomic E-state index is 0.107. The SMILES string of the molecule is CCOCC(C)OC(=O)c1cc(Br)c(C)c(S(=O)(=O)Cl)c1. The van der Waals surface area contributed by atoms with Crippen molar-refractivity contribution < 1.29 is 22.7 Å². The van der Waals surface area contributed by atoms with Gasteiger partial charge in [-0.3, -0.25) is 0 Å². The molecule has 1 aromatic carbocycles. The van der Waals surface area contributed by atoms with Gasteiger partial charge in [-0.15, -0.1) is 0 Å². The lowest BCUT2D eigenvalue weighted by Crippen LogP contribution is -2.20. The Labute approximate surface area is 137 Å². The number of carbonyl (C=O) groups is 1. The maximum Gasteiger partial charge on any atom is 0.338 e. The van der Waals surface area contributed by atoms with Gasteiger partial charge in [-0.25, -0.2) is 13.2 Å². The molecule has 0 heterocycles. The van der Waals surface area contributed by atoms with Crippen LogP contribution in [0.1, 0.15) is 29.8 Å². The number of rotatable bonds is 6. The largest absolute Gasteiger partial charge is 0.457 e. The monoisotopic (exact) mass is 398 g/mol. The second-order valence-corrected chi connectivity index (χ2v) is 7.78. The van der Waals surface area contributed by atoms with Crippen molar-refractivity contribution >= 4 is 41.6 Å². The van der Waals surface area contributed by atoms with Crippen molar-refractivity contribution in [3.05, 3.63) is 27.7 Å². The highest BCUT2D eigenvalue weighted by molar-refractivity contribution is 9.10. The summed E-state index contributed by atoms with van der Waals surface area (Å²) in [6, 6.07) is 2.70. The summed E-state index contributed by atoms with van der Waals surface area (Å²) in [6.45, 7) is 5.91. The smallest absolute Gasteiger partial charge is 0.338 e. The summed E-state index contributed by atoms with van der Waals surface area (Å²) in [4.78, 5) is 11.9. The van der Waals surface area contributed by atoms with Gasteiger partial charge >= 0.3 is 5.97 Å². The maximum atomic E-state index is 12.0. The average Bonchev–Trinajstić information content (AvgIpc) is 2.37. The Morgan fingerprint density at radius 3 is 2.57 bits per heavy atom. The molecule has 1 unspecified atom stereocenters. The Bertz CT molecular complexity index is 630. The van der Waals surface area contributed by atoms with Gasteiger partial charge in [0.05, 0.1) is 17.1 Å². The zero-order valence-corrected chi connectivity index (χ0v) is 15.0. The molecule has 0 spiro atoms. The third-order valence-corrected chi connectivity index (χ3v) is 4.93. The van der Waals surface area contributed by atoms with Crippen LogP contribution >= 0.6 is 26.6 Å². The van der Waals surface area contributed by atoms with E-state index in [1.54, 1.807) is 13.8 Å². The van der Waals surface area contributed by atoms with Crippen LogP contribution in [0.15, 0.2) is 21.5 Å². The summed E-state index contributed by atoms with van der Waals surface area (Å²) in [5.74, 6) is -0.635. The molecule has 0 amide bonds. The minimum Gasteiger partial charge on any atom is -0.457 e. The standard InChI is InChI=1S/C13H16BrClO5S/c1-4-19-7-8(2)20-13(16)10-5-11(14)9(3)12(6-10)21(15,17)18/h5-6,8H,4,7H2,1-3H3. The minimum atomic E-state index is -3.94. The first kappa shape index (κ1) is 18.4. The van der Waals surface area contributed by atoms with E-state index in [-0.39, 0.29) is 17.1 Å². The van der Waals surface area contributed by atoms with Crippen LogP contribution in [0.3, 0.4) is 0 Å². The third-order valence-electron chi connectivity index (χ3n) is 2.66. The zero-order chi connectivity index (χ0) is 16.2. The lowest BCUT2D eigenvalue weighted by molar-refractivity contribution is 0.00436. The molecule has 0 aliphatic heterocycles.